The van der Waals surface area contributed by atoms with Crippen LogP contribution < -0.4 is 15.0 Å². The van der Waals surface area contributed by atoms with E-state index in [0.717, 1.165) is 17.7 Å². The van der Waals surface area contributed by atoms with Crippen LogP contribution in [0.3, 0.4) is 0 Å². The van der Waals surface area contributed by atoms with E-state index in [1.165, 1.54) is 0 Å². The molecule has 1 unspecified atom stereocenters. The van der Waals surface area contributed by atoms with Crippen molar-refractivity contribution < 1.29 is 19.4 Å². The van der Waals surface area contributed by atoms with E-state index < -0.39 is 11.9 Å². The topological polar surface area (TPSA) is 103 Å². The molecule has 0 aromatic heterocycles. The van der Waals surface area contributed by atoms with Crippen LogP contribution in [0.2, 0.25) is 0 Å². The van der Waals surface area contributed by atoms with Gasteiger partial charge in [-0.25, -0.2) is 0 Å². The molecule has 172 valence electrons. The summed E-state index contributed by atoms with van der Waals surface area (Å²) >= 11 is 0. The van der Waals surface area contributed by atoms with Crippen LogP contribution in [0.25, 0.3) is 0 Å². The maximum absolute atomic E-state index is 12.5. The van der Waals surface area contributed by atoms with E-state index in [9.17, 15) is 20.0 Å². The number of carbonyl (C=O) groups excluding carboxylic acids is 1. The molecule has 3 aromatic carbocycles. The van der Waals surface area contributed by atoms with Gasteiger partial charge in [0.25, 0.3) is 5.91 Å². The highest BCUT2D eigenvalue weighted by Gasteiger charge is 2.29. The van der Waals surface area contributed by atoms with Crippen LogP contribution in [0.15, 0.2) is 66.7 Å². The van der Waals surface area contributed by atoms with Gasteiger partial charge in [0.05, 0.1) is 23.8 Å². The number of nitrogens with zero attached hydrogens (tertiary/aromatic N) is 2. The lowest BCUT2D eigenvalue weighted by Gasteiger charge is -2.27. The fourth-order valence-electron chi connectivity index (χ4n) is 4.09. The first-order chi connectivity index (χ1) is 16.5. The normalized spacial score (nSPS) is 14.3. The second-order valence-corrected chi connectivity index (χ2v) is 8.14. The van der Waals surface area contributed by atoms with Crippen molar-refractivity contribution in [2.75, 3.05) is 25.1 Å². The number of carboxylic acid groups (broad SMARTS) is 1. The molecule has 1 amide bonds. The van der Waals surface area contributed by atoms with Gasteiger partial charge in [-0.2, -0.15) is 5.26 Å². The van der Waals surface area contributed by atoms with E-state index >= 15 is 0 Å². The Labute approximate surface area is 198 Å². The molecule has 0 spiro atoms. The number of nitriles is 1. The minimum atomic E-state index is -0.924. The third-order valence-corrected chi connectivity index (χ3v) is 6.01. The second kappa shape index (κ2) is 10.1. The molecule has 1 atom stereocenters. The van der Waals surface area contributed by atoms with Gasteiger partial charge < -0.3 is 20.1 Å². The lowest BCUT2D eigenvalue weighted by Crippen LogP contribution is -2.25. The van der Waals surface area contributed by atoms with Gasteiger partial charge in [0.15, 0.2) is 0 Å². The largest absolute Gasteiger partial charge is 0.493 e. The summed E-state index contributed by atoms with van der Waals surface area (Å²) in [4.78, 5) is 25.9. The first kappa shape index (κ1) is 22.9. The van der Waals surface area contributed by atoms with Crippen LogP contribution in [-0.4, -0.2) is 37.2 Å². The SMILES string of the molecule is CN(c1ccc(C(=O)NCCc2ccccc2)cc1)c1cc2c(cc1C#N)C(C(=O)O)CCO2. The summed E-state index contributed by atoms with van der Waals surface area (Å²) in [5.74, 6) is -1.28. The van der Waals surface area contributed by atoms with Crippen molar-refractivity contribution >= 4 is 23.3 Å². The Morgan fingerprint density at radius 3 is 2.56 bits per heavy atom. The Kier molecular flexibility index (Phi) is 6.79. The molecule has 1 aliphatic heterocycles. The van der Waals surface area contributed by atoms with Crippen LogP contribution in [0, 0.1) is 11.3 Å². The molecule has 2 N–H and O–H groups in total. The number of ether oxygens (including phenoxy) is 1. The van der Waals surface area contributed by atoms with Crippen molar-refractivity contribution in [3.63, 3.8) is 0 Å². The first-order valence-electron chi connectivity index (χ1n) is 11.1. The molecule has 0 bridgehead atoms. The molecule has 0 saturated heterocycles. The zero-order valence-corrected chi connectivity index (χ0v) is 18.8. The zero-order chi connectivity index (χ0) is 24.1. The number of anilines is 2. The molecule has 0 saturated carbocycles. The summed E-state index contributed by atoms with van der Waals surface area (Å²) in [7, 11) is 1.81. The third-order valence-electron chi connectivity index (χ3n) is 6.01. The van der Waals surface area contributed by atoms with E-state index in [2.05, 4.69) is 11.4 Å². The van der Waals surface area contributed by atoms with Gasteiger partial charge in [0, 0.05) is 36.5 Å². The molecule has 4 rings (SSSR count). The van der Waals surface area contributed by atoms with Crippen LogP contribution in [0.1, 0.15) is 39.4 Å². The molecule has 0 fully saturated rings. The molecule has 0 radical (unpaired) electrons. The Bertz CT molecular complexity index is 1230. The fraction of sp³-hybridized carbons (Fsp3) is 0.222. The summed E-state index contributed by atoms with van der Waals surface area (Å²) in [6, 6.07) is 22.6. The summed E-state index contributed by atoms with van der Waals surface area (Å²) in [5, 5.41) is 22.1. The van der Waals surface area contributed by atoms with Gasteiger partial charge in [-0.3, -0.25) is 9.59 Å². The van der Waals surface area contributed by atoms with Crippen LogP contribution >= 0.6 is 0 Å². The number of rotatable bonds is 7. The molecule has 1 heterocycles. The maximum atomic E-state index is 12.5. The Balaban J connectivity index is 1.48. The summed E-state index contributed by atoms with van der Waals surface area (Å²) in [6.07, 6.45) is 1.13. The minimum absolute atomic E-state index is 0.148. The molecule has 0 aliphatic carbocycles. The van der Waals surface area contributed by atoms with Gasteiger partial charge in [0.2, 0.25) is 0 Å². The molecular weight excluding hydrogens is 430 g/mol. The molecule has 1 aliphatic rings. The van der Waals surface area contributed by atoms with E-state index in [4.69, 9.17) is 4.74 Å². The second-order valence-electron chi connectivity index (χ2n) is 8.14. The van der Waals surface area contributed by atoms with Gasteiger partial charge in [-0.05, 0) is 48.7 Å². The molecular formula is C27H25N3O4. The zero-order valence-electron chi connectivity index (χ0n) is 18.8. The van der Waals surface area contributed by atoms with Crippen LogP contribution in [-0.2, 0) is 11.2 Å². The summed E-state index contributed by atoms with van der Waals surface area (Å²) in [6.45, 7) is 0.857. The highest BCUT2D eigenvalue weighted by atomic mass is 16.5. The van der Waals surface area contributed by atoms with Gasteiger partial charge in [0.1, 0.15) is 11.8 Å². The van der Waals surface area contributed by atoms with Gasteiger partial charge >= 0.3 is 5.97 Å². The van der Waals surface area contributed by atoms with Crippen molar-refractivity contribution in [3.05, 3.63) is 89.0 Å². The number of aliphatic carboxylic acids is 1. The van der Waals surface area contributed by atoms with Gasteiger partial charge in [-0.15, -0.1) is 0 Å². The monoisotopic (exact) mass is 455 g/mol. The van der Waals surface area contributed by atoms with Crippen LogP contribution in [0.5, 0.6) is 5.75 Å². The number of nitrogens with one attached hydrogen (secondary N) is 1. The van der Waals surface area contributed by atoms with E-state index in [0.29, 0.717) is 47.7 Å². The van der Waals surface area contributed by atoms with Crippen molar-refractivity contribution in [2.45, 2.75) is 18.8 Å². The predicted octanol–water partition coefficient (Wildman–Crippen LogP) is 4.25. The van der Waals surface area contributed by atoms with Crippen LogP contribution in [0.4, 0.5) is 11.4 Å². The number of hydrogen-bond acceptors (Lipinski definition) is 5. The lowest BCUT2D eigenvalue weighted by molar-refractivity contribution is -0.139. The Hall–Kier alpha value is -4.31. The maximum Gasteiger partial charge on any atom is 0.311 e. The molecule has 7 nitrogen and oxygen atoms in total. The fourth-order valence-corrected chi connectivity index (χ4v) is 4.09. The number of hydrogen-bond donors (Lipinski definition) is 2. The highest BCUT2D eigenvalue weighted by molar-refractivity contribution is 5.94. The Morgan fingerprint density at radius 2 is 1.88 bits per heavy atom. The predicted molar refractivity (Wildman–Crippen MR) is 129 cm³/mol. The van der Waals surface area contributed by atoms with Crippen molar-refractivity contribution in [1.29, 1.82) is 5.26 Å². The highest BCUT2D eigenvalue weighted by Crippen LogP contribution is 2.40. The first-order valence-corrected chi connectivity index (χ1v) is 11.1. The number of amides is 1. The average Bonchev–Trinajstić information content (AvgIpc) is 2.87. The molecule has 34 heavy (non-hydrogen) atoms. The van der Waals surface area contributed by atoms with E-state index in [-0.39, 0.29) is 5.91 Å². The average molecular weight is 456 g/mol. The number of fused-ring (bicyclic) bond motifs is 1. The third kappa shape index (κ3) is 4.86. The number of carboxylic acids is 1. The van der Waals surface area contributed by atoms with E-state index in [1.807, 2.05) is 54.4 Å². The quantitative estimate of drug-likeness (QED) is 0.552. The standard InChI is InChI=1S/C27H25N3O4/c1-30(24-16-25-23(15-20(24)17-28)22(27(32)33)12-14-34-25)21-9-7-19(8-10-21)26(31)29-13-11-18-5-3-2-4-6-18/h2-10,15-16,22H,11-14H2,1H3,(H,29,31)(H,32,33). The number of benzene rings is 3. The van der Waals surface area contributed by atoms with Crippen molar-refractivity contribution in [1.82, 2.24) is 5.32 Å². The van der Waals surface area contributed by atoms with Crippen molar-refractivity contribution in [3.8, 4) is 11.8 Å². The summed E-state index contributed by atoms with van der Waals surface area (Å²) < 4.78 is 5.70. The lowest BCUT2D eigenvalue weighted by atomic mass is 9.91. The van der Waals surface area contributed by atoms with Gasteiger partial charge in [-0.1, -0.05) is 30.3 Å². The smallest absolute Gasteiger partial charge is 0.311 e. The molecule has 3 aromatic rings. The Morgan fingerprint density at radius 1 is 1.15 bits per heavy atom. The minimum Gasteiger partial charge on any atom is -0.493 e. The summed E-state index contributed by atoms with van der Waals surface area (Å²) in [5.41, 5.74) is 3.98. The van der Waals surface area contributed by atoms with Crippen molar-refractivity contribution in [2.24, 2.45) is 0 Å². The number of carbonyl (C=O) groups is 2. The van der Waals surface area contributed by atoms with E-state index in [1.54, 1.807) is 24.3 Å². The molecule has 7 heteroatoms.